The van der Waals surface area contributed by atoms with Crippen molar-refractivity contribution in [2.75, 3.05) is 26.2 Å². The van der Waals surface area contributed by atoms with Crippen LogP contribution in [0.25, 0.3) is 0 Å². The highest BCUT2D eigenvalue weighted by Gasteiger charge is 2.67. The number of rotatable bonds is 4. The minimum Gasteiger partial charge on any atom is -0.489 e. The van der Waals surface area contributed by atoms with Crippen LogP contribution in [0.5, 0.6) is 5.75 Å². The van der Waals surface area contributed by atoms with Gasteiger partial charge in [0, 0.05) is 59.9 Å². The Bertz CT molecular complexity index is 1820. The maximum Gasteiger partial charge on any atom is 0.410 e. The molecule has 1 aromatic carbocycles. The van der Waals surface area contributed by atoms with E-state index in [1.54, 1.807) is 18.2 Å². The Morgan fingerprint density at radius 3 is 2.37 bits per heavy atom. The van der Waals surface area contributed by atoms with E-state index in [0.29, 0.717) is 40.4 Å². The summed E-state index contributed by atoms with van der Waals surface area (Å²) in [6.07, 6.45) is 5.22. The third-order valence-electron chi connectivity index (χ3n) is 12.0. The average molecular weight is 712 g/mol. The van der Waals surface area contributed by atoms with Crippen molar-refractivity contribution in [3.8, 4) is 23.7 Å². The molecule has 0 N–H and O–H groups in total. The normalized spacial score (nSPS) is 27.5. The number of carbonyl (C=O) groups is 2. The van der Waals surface area contributed by atoms with Gasteiger partial charge in [-0.3, -0.25) is 9.69 Å². The molecule has 4 fully saturated rings. The lowest BCUT2D eigenvalue weighted by atomic mass is 9.49. The van der Waals surface area contributed by atoms with Gasteiger partial charge in [-0.25, -0.2) is 9.78 Å². The van der Waals surface area contributed by atoms with Gasteiger partial charge in [0.1, 0.15) is 29.2 Å². The summed E-state index contributed by atoms with van der Waals surface area (Å²) in [5, 5.41) is 9.61. The van der Waals surface area contributed by atoms with Crippen molar-refractivity contribution < 1.29 is 19.1 Å². The summed E-state index contributed by atoms with van der Waals surface area (Å²) in [6, 6.07) is 11.5. The molecular formula is C41H50ClN5O4. The van der Waals surface area contributed by atoms with E-state index in [1.165, 1.54) is 0 Å². The number of aromatic nitrogens is 1. The fourth-order valence-corrected chi connectivity index (χ4v) is 10.2. The van der Waals surface area contributed by atoms with Crippen LogP contribution in [-0.2, 0) is 11.3 Å². The SMILES string of the molecule is CC(C)(C)OC(=O)N1CC2(CCN(C3CCC(C#Cc4ccc5c(n4)CN(C4C(C)(C)C(Oc6ccc(C#N)c(Cl)c6)C4(C)C)C5=O)CC3)C2)C1. The number of nitriles is 1. The molecule has 51 heavy (non-hydrogen) atoms. The van der Waals surface area contributed by atoms with Gasteiger partial charge in [-0.15, -0.1) is 0 Å². The molecule has 0 unspecified atom stereocenters. The molecule has 2 amide bonds. The topological polar surface area (TPSA) is 99.0 Å². The van der Waals surface area contributed by atoms with E-state index in [9.17, 15) is 14.9 Å². The second-order valence-electron chi connectivity index (χ2n) is 17.8. The van der Waals surface area contributed by atoms with E-state index in [4.69, 9.17) is 26.1 Å². The van der Waals surface area contributed by atoms with Crippen molar-refractivity contribution in [3.05, 3.63) is 57.9 Å². The molecule has 2 saturated heterocycles. The van der Waals surface area contributed by atoms with E-state index in [0.717, 1.165) is 69.7 Å². The Morgan fingerprint density at radius 1 is 1.02 bits per heavy atom. The van der Waals surface area contributed by atoms with Crippen LogP contribution in [0.4, 0.5) is 4.79 Å². The fraction of sp³-hybridized carbons (Fsp3) is 0.610. The number of hydrogen-bond donors (Lipinski definition) is 0. The van der Waals surface area contributed by atoms with Gasteiger partial charge in [-0.1, -0.05) is 45.2 Å². The van der Waals surface area contributed by atoms with Gasteiger partial charge < -0.3 is 19.3 Å². The summed E-state index contributed by atoms with van der Waals surface area (Å²) in [5.41, 5.74) is 1.66. The molecule has 1 aromatic heterocycles. The number of ether oxygens (including phenoxy) is 2. The predicted octanol–water partition coefficient (Wildman–Crippen LogP) is 7.30. The molecular weight excluding hydrogens is 662 g/mol. The van der Waals surface area contributed by atoms with Crippen molar-refractivity contribution in [1.29, 1.82) is 5.26 Å². The summed E-state index contributed by atoms with van der Waals surface area (Å²) < 4.78 is 12.0. The third-order valence-corrected chi connectivity index (χ3v) is 12.3. The molecule has 2 aliphatic carbocycles. The predicted molar refractivity (Wildman–Crippen MR) is 195 cm³/mol. The number of benzene rings is 1. The minimum absolute atomic E-state index is 0.00416. The molecule has 2 saturated carbocycles. The van der Waals surface area contributed by atoms with Gasteiger partial charge in [-0.2, -0.15) is 5.26 Å². The fourth-order valence-electron chi connectivity index (χ4n) is 10.0. The third kappa shape index (κ3) is 6.57. The number of amides is 2. The molecule has 0 atom stereocenters. The van der Waals surface area contributed by atoms with Gasteiger partial charge in [0.25, 0.3) is 5.91 Å². The van der Waals surface area contributed by atoms with Crippen molar-refractivity contribution in [2.24, 2.45) is 22.2 Å². The van der Waals surface area contributed by atoms with Crippen LogP contribution in [0.15, 0.2) is 30.3 Å². The van der Waals surface area contributed by atoms with Crippen LogP contribution in [0, 0.1) is 45.3 Å². The second kappa shape index (κ2) is 12.7. The smallest absolute Gasteiger partial charge is 0.410 e. The molecule has 9 nitrogen and oxygen atoms in total. The number of carbonyl (C=O) groups excluding carboxylic acids is 2. The van der Waals surface area contributed by atoms with E-state index < -0.39 is 5.60 Å². The zero-order chi connectivity index (χ0) is 36.5. The van der Waals surface area contributed by atoms with Gasteiger partial charge in [-0.05, 0) is 89.6 Å². The summed E-state index contributed by atoms with van der Waals surface area (Å²) in [6.45, 7) is 18.5. The highest BCUT2D eigenvalue weighted by atomic mass is 35.5. The highest BCUT2D eigenvalue weighted by molar-refractivity contribution is 6.31. The number of hydrogen-bond acceptors (Lipinski definition) is 7. The lowest BCUT2D eigenvalue weighted by Crippen LogP contribution is -2.74. The van der Waals surface area contributed by atoms with Crippen molar-refractivity contribution in [1.82, 2.24) is 19.7 Å². The number of halogens is 1. The van der Waals surface area contributed by atoms with Crippen molar-refractivity contribution >= 4 is 23.6 Å². The molecule has 4 heterocycles. The first-order valence-corrected chi connectivity index (χ1v) is 18.8. The molecule has 3 aliphatic heterocycles. The number of fused-ring (bicyclic) bond motifs is 1. The van der Waals surface area contributed by atoms with Crippen LogP contribution >= 0.6 is 11.6 Å². The van der Waals surface area contributed by atoms with E-state index in [1.807, 2.05) is 42.7 Å². The standard InChI is InChI=1S/C41H50ClN5O4/c1-38(2,3)51-37(49)46-24-41(25-46)18-19-45(23-41)29-14-9-26(10-15-29)8-12-28-13-17-31-33(44-28)22-47(34(31)48)35-39(4,5)36(40(35,6)7)50-30-16-11-27(21-43)32(42)20-30/h11,13,16-17,20,26,29,35-36H,9-10,14-15,18-19,22-25H2,1-7H3. The molecule has 7 rings (SSSR count). The summed E-state index contributed by atoms with van der Waals surface area (Å²) in [7, 11) is 0. The maximum atomic E-state index is 13.7. The van der Waals surface area contributed by atoms with E-state index in [-0.39, 0.29) is 40.4 Å². The molecule has 5 aliphatic rings. The molecule has 2 aromatic rings. The number of nitrogens with zero attached hydrogens (tertiary/aromatic N) is 5. The molecule has 10 heteroatoms. The van der Waals surface area contributed by atoms with E-state index in [2.05, 4.69) is 50.5 Å². The average Bonchev–Trinajstić information content (AvgIpc) is 3.63. The van der Waals surface area contributed by atoms with Gasteiger partial charge in [0.15, 0.2) is 0 Å². The largest absolute Gasteiger partial charge is 0.489 e. The monoisotopic (exact) mass is 711 g/mol. The first-order valence-electron chi connectivity index (χ1n) is 18.4. The van der Waals surface area contributed by atoms with E-state index >= 15 is 0 Å². The van der Waals surface area contributed by atoms with Gasteiger partial charge in [0.2, 0.25) is 0 Å². The first-order chi connectivity index (χ1) is 24.0. The number of pyridine rings is 1. The van der Waals surface area contributed by atoms with Crippen molar-refractivity contribution in [2.45, 2.75) is 111 Å². The Labute approximate surface area is 307 Å². The van der Waals surface area contributed by atoms with Crippen molar-refractivity contribution in [3.63, 3.8) is 0 Å². The Kier molecular flexibility index (Phi) is 8.87. The van der Waals surface area contributed by atoms with Gasteiger partial charge in [0.05, 0.1) is 28.4 Å². The van der Waals surface area contributed by atoms with Crippen LogP contribution in [0.2, 0.25) is 5.02 Å². The summed E-state index contributed by atoms with van der Waals surface area (Å²) in [5.74, 6) is 7.83. The van der Waals surface area contributed by atoms with Crippen LogP contribution < -0.4 is 4.74 Å². The lowest BCUT2D eigenvalue weighted by Gasteiger charge is -2.65. The second-order valence-corrected chi connectivity index (χ2v) is 18.2. The quantitative estimate of drug-likeness (QED) is 0.307. The van der Waals surface area contributed by atoms with Crippen LogP contribution in [-0.4, -0.2) is 81.7 Å². The molecule has 270 valence electrons. The van der Waals surface area contributed by atoms with Gasteiger partial charge >= 0.3 is 6.09 Å². The maximum absolute atomic E-state index is 13.7. The van der Waals surface area contributed by atoms with Crippen LogP contribution in [0.1, 0.15) is 108 Å². The lowest BCUT2D eigenvalue weighted by molar-refractivity contribution is -0.199. The Morgan fingerprint density at radius 2 is 1.73 bits per heavy atom. The Balaban J connectivity index is 0.924. The summed E-state index contributed by atoms with van der Waals surface area (Å²) in [4.78, 5) is 37.6. The zero-order valence-corrected chi connectivity index (χ0v) is 31.8. The summed E-state index contributed by atoms with van der Waals surface area (Å²) >= 11 is 6.28. The molecule has 1 spiro atoms. The highest BCUT2D eigenvalue weighted by Crippen LogP contribution is 2.59. The molecule has 0 bridgehead atoms. The zero-order valence-electron chi connectivity index (χ0n) is 31.0. The van der Waals surface area contributed by atoms with Crippen LogP contribution in [0.3, 0.4) is 0 Å². The Hall–Kier alpha value is -3.79. The molecule has 0 radical (unpaired) electrons. The minimum atomic E-state index is -0.461. The first kappa shape index (κ1) is 35.6. The number of likely N-dealkylation sites (tertiary alicyclic amines) is 2.